The van der Waals surface area contributed by atoms with Crippen LogP contribution in [0.4, 0.5) is 5.69 Å². The highest BCUT2D eigenvalue weighted by Gasteiger charge is 2.19. The van der Waals surface area contributed by atoms with Crippen molar-refractivity contribution in [2.75, 3.05) is 24.3 Å². The van der Waals surface area contributed by atoms with Crippen LogP contribution in [-0.2, 0) is 4.79 Å². The molecule has 0 aliphatic rings. The molecule has 7 heteroatoms. The molecule has 3 aromatic carbocycles. The summed E-state index contributed by atoms with van der Waals surface area (Å²) >= 11 is 1.26. The van der Waals surface area contributed by atoms with Crippen molar-refractivity contribution in [2.24, 2.45) is 0 Å². The minimum Gasteiger partial charge on any atom is -0.497 e. The fraction of sp³-hybridized carbons (Fsp3) is 0.192. The first-order valence-electron chi connectivity index (χ1n) is 10.7. The van der Waals surface area contributed by atoms with Crippen LogP contribution in [0.15, 0.2) is 82.7 Å². The number of fused-ring (bicyclic) bond motifs is 1. The van der Waals surface area contributed by atoms with Crippen molar-refractivity contribution in [2.45, 2.75) is 19.0 Å². The van der Waals surface area contributed by atoms with Crippen molar-refractivity contribution < 1.29 is 9.53 Å². The average Bonchev–Trinajstić information content (AvgIpc) is 2.84. The molecule has 0 saturated carbocycles. The van der Waals surface area contributed by atoms with E-state index in [0.717, 1.165) is 11.3 Å². The number of amides is 1. The molecule has 0 aliphatic heterocycles. The van der Waals surface area contributed by atoms with E-state index in [1.54, 1.807) is 28.7 Å². The molecule has 1 aromatic heterocycles. The Morgan fingerprint density at radius 2 is 1.82 bits per heavy atom. The molecule has 0 spiro atoms. The monoisotopic (exact) mass is 459 g/mol. The lowest BCUT2D eigenvalue weighted by atomic mass is 10.2. The zero-order valence-corrected chi connectivity index (χ0v) is 19.6. The van der Waals surface area contributed by atoms with Crippen molar-refractivity contribution in [1.82, 2.24) is 9.55 Å². The maximum Gasteiger partial charge on any atom is 0.266 e. The smallest absolute Gasteiger partial charge is 0.266 e. The SMILES string of the molecule is CCN(C(=O)CSc1nc2ccccc2c(=O)n1-c1cccc(OC)c1)c1ccccc1C. The fourth-order valence-electron chi connectivity index (χ4n) is 3.74. The number of thioether (sulfide) groups is 1. The van der Waals surface area contributed by atoms with Crippen molar-refractivity contribution >= 4 is 34.3 Å². The maximum absolute atomic E-state index is 13.4. The van der Waals surface area contributed by atoms with Crippen LogP contribution in [0.3, 0.4) is 0 Å². The molecule has 168 valence electrons. The average molecular weight is 460 g/mol. The third-order valence-corrected chi connectivity index (χ3v) is 6.33. The number of aryl methyl sites for hydroxylation is 1. The highest BCUT2D eigenvalue weighted by molar-refractivity contribution is 7.99. The molecule has 33 heavy (non-hydrogen) atoms. The minimum absolute atomic E-state index is 0.0450. The Morgan fingerprint density at radius 3 is 2.58 bits per heavy atom. The van der Waals surface area contributed by atoms with Crippen LogP contribution < -0.4 is 15.2 Å². The van der Waals surface area contributed by atoms with Gasteiger partial charge in [0.1, 0.15) is 5.75 Å². The van der Waals surface area contributed by atoms with E-state index >= 15 is 0 Å². The molecule has 0 unspecified atom stereocenters. The second kappa shape index (κ2) is 9.92. The first-order chi connectivity index (χ1) is 16.0. The van der Waals surface area contributed by atoms with E-state index in [9.17, 15) is 9.59 Å². The summed E-state index contributed by atoms with van der Waals surface area (Å²) in [5.74, 6) is 0.740. The predicted octanol–water partition coefficient (Wildman–Crippen LogP) is 4.85. The van der Waals surface area contributed by atoms with Gasteiger partial charge in [0.05, 0.1) is 29.5 Å². The van der Waals surface area contributed by atoms with E-state index < -0.39 is 0 Å². The second-order valence-corrected chi connectivity index (χ2v) is 8.41. The summed E-state index contributed by atoms with van der Waals surface area (Å²) in [4.78, 5) is 33.1. The van der Waals surface area contributed by atoms with Crippen LogP contribution in [-0.4, -0.2) is 34.9 Å². The van der Waals surface area contributed by atoms with Gasteiger partial charge in [-0.05, 0) is 49.7 Å². The van der Waals surface area contributed by atoms with E-state index in [1.165, 1.54) is 11.8 Å². The van der Waals surface area contributed by atoms with E-state index in [4.69, 9.17) is 9.72 Å². The molecule has 0 aliphatic carbocycles. The number of aromatic nitrogens is 2. The highest BCUT2D eigenvalue weighted by atomic mass is 32.2. The van der Waals surface area contributed by atoms with Gasteiger partial charge in [-0.3, -0.25) is 14.2 Å². The summed E-state index contributed by atoms with van der Waals surface area (Å²) in [7, 11) is 1.58. The number of ether oxygens (including phenoxy) is 1. The van der Waals surface area contributed by atoms with Crippen molar-refractivity contribution in [3.05, 3.63) is 88.7 Å². The summed E-state index contributed by atoms with van der Waals surface area (Å²) in [6.45, 7) is 4.50. The topological polar surface area (TPSA) is 64.4 Å². The molecule has 0 radical (unpaired) electrons. The van der Waals surface area contributed by atoms with Gasteiger partial charge >= 0.3 is 0 Å². The predicted molar refractivity (Wildman–Crippen MR) is 134 cm³/mol. The van der Waals surface area contributed by atoms with Crippen molar-refractivity contribution in [3.8, 4) is 11.4 Å². The van der Waals surface area contributed by atoms with Gasteiger partial charge < -0.3 is 9.64 Å². The number of carbonyl (C=O) groups excluding carboxylic acids is 1. The Kier molecular flexibility index (Phi) is 6.79. The van der Waals surface area contributed by atoms with E-state index in [1.807, 2.05) is 74.5 Å². The van der Waals surface area contributed by atoms with Gasteiger partial charge in [-0.15, -0.1) is 0 Å². The minimum atomic E-state index is -0.185. The molecule has 0 saturated heterocycles. The Balaban J connectivity index is 1.73. The molecule has 4 aromatic rings. The van der Waals surface area contributed by atoms with Crippen LogP contribution in [0, 0.1) is 6.92 Å². The number of anilines is 1. The lowest BCUT2D eigenvalue weighted by Crippen LogP contribution is -2.33. The standard InChI is InChI=1S/C26H25N3O3S/c1-4-28(23-15-8-5-10-18(23)2)24(30)17-33-26-27-22-14-7-6-13-21(22)25(31)29(26)19-11-9-12-20(16-19)32-3/h5-16H,4,17H2,1-3H3. The van der Waals surface area contributed by atoms with Crippen LogP contribution in [0.1, 0.15) is 12.5 Å². The Morgan fingerprint density at radius 1 is 1.06 bits per heavy atom. The third kappa shape index (κ3) is 4.64. The lowest BCUT2D eigenvalue weighted by Gasteiger charge is -2.23. The second-order valence-electron chi connectivity index (χ2n) is 7.47. The molecular weight excluding hydrogens is 434 g/mol. The van der Waals surface area contributed by atoms with Crippen molar-refractivity contribution in [3.63, 3.8) is 0 Å². The number of nitrogens with zero attached hydrogens (tertiary/aromatic N) is 3. The number of hydrogen-bond donors (Lipinski definition) is 0. The largest absolute Gasteiger partial charge is 0.497 e. The first kappa shape index (κ1) is 22.6. The van der Waals surface area contributed by atoms with Gasteiger partial charge in [-0.2, -0.15) is 0 Å². The van der Waals surface area contributed by atoms with Gasteiger partial charge in [0.25, 0.3) is 5.56 Å². The summed E-state index contributed by atoms with van der Waals surface area (Å²) in [6, 6.07) is 22.3. The molecular formula is C26H25N3O3S. The summed E-state index contributed by atoms with van der Waals surface area (Å²) in [5.41, 5.74) is 2.98. The Labute approximate surface area is 196 Å². The van der Waals surface area contributed by atoms with Gasteiger partial charge in [-0.25, -0.2) is 4.98 Å². The summed E-state index contributed by atoms with van der Waals surface area (Å²) < 4.78 is 6.89. The van der Waals surface area contributed by atoms with Gasteiger partial charge in [0.2, 0.25) is 5.91 Å². The third-order valence-electron chi connectivity index (χ3n) is 5.40. The Bertz CT molecular complexity index is 1370. The lowest BCUT2D eigenvalue weighted by molar-refractivity contribution is -0.116. The molecule has 0 N–H and O–H groups in total. The van der Waals surface area contributed by atoms with Crippen molar-refractivity contribution in [1.29, 1.82) is 0 Å². The molecule has 6 nitrogen and oxygen atoms in total. The highest BCUT2D eigenvalue weighted by Crippen LogP contribution is 2.25. The normalized spacial score (nSPS) is 10.9. The summed E-state index contributed by atoms with van der Waals surface area (Å²) in [6.07, 6.45) is 0. The molecule has 0 fully saturated rings. The fourth-order valence-corrected chi connectivity index (χ4v) is 4.63. The van der Waals surface area contributed by atoms with Crippen LogP contribution in [0.25, 0.3) is 16.6 Å². The van der Waals surface area contributed by atoms with Crippen LogP contribution in [0.2, 0.25) is 0 Å². The zero-order chi connectivity index (χ0) is 23.4. The van der Waals surface area contributed by atoms with E-state index in [0.29, 0.717) is 34.0 Å². The van der Waals surface area contributed by atoms with Gasteiger partial charge in [-0.1, -0.05) is 48.2 Å². The molecule has 0 bridgehead atoms. The summed E-state index contributed by atoms with van der Waals surface area (Å²) in [5, 5.41) is 0.979. The molecule has 1 amide bonds. The zero-order valence-electron chi connectivity index (χ0n) is 18.8. The number of rotatable bonds is 7. The molecule has 4 rings (SSSR count). The number of para-hydroxylation sites is 2. The van der Waals surface area contributed by atoms with E-state index in [2.05, 4.69) is 0 Å². The number of carbonyl (C=O) groups is 1. The molecule has 1 heterocycles. The molecule has 0 atom stereocenters. The quantitative estimate of drug-likeness (QED) is 0.292. The van der Waals surface area contributed by atoms with Crippen LogP contribution >= 0.6 is 11.8 Å². The number of benzene rings is 3. The van der Waals surface area contributed by atoms with Gasteiger partial charge in [0.15, 0.2) is 5.16 Å². The van der Waals surface area contributed by atoms with E-state index in [-0.39, 0.29) is 17.2 Å². The Hall–Kier alpha value is -3.58. The first-order valence-corrected chi connectivity index (χ1v) is 11.7. The van der Waals surface area contributed by atoms with Gasteiger partial charge in [0, 0.05) is 18.3 Å². The number of methoxy groups -OCH3 is 1. The maximum atomic E-state index is 13.4. The van der Waals surface area contributed by atoms with Crippen LogP contribution in [0.5, 0.6) is 5.75 Å². The number of hydrogen-bond acceptors (Lipinski definition) is 5.